The standard InChI is InChI=1S/C32H37N5O3/c1-22-9-14-27-28(21-22)34-32(39)29(27)30(23-7-5-4-6-8-23)33-25-12-10-24(11-13-25)31(38)35-40-20-19-37-17-15-26(16-18-37)36(2)3/h4-14,21,26,33H,15-20H2,1-3H3,(H,34,39)(H,35,38)/b30-29-. The number of nitrogens with one attached hydrogen (secondary N) is 3. The molecular formula is C32H37N5O3. The zero-order chi connectivity index (χ0) is 28.1. The van der Waals surface area contributed by atoms with Crippen molar-refractivity contribution in [3.63, 3.8) is 0 Å². The summed E-state index contributed by atoms with van der Waals surface area (Å²) in [5.41, 5.74) is 8.74. The third-order valence-corrected chi connectivity index (χ3v) is 7.61. The van der Waals surface area contributed by atoms with Gasteiger partial charge in [0.2, 0.25) is 0 Å². The topological polar surface area (TPSA) is 85.9 Å². The summed E-state index contributed by atoms with van der Waals surface area (Å²) < 4.78 is 0. The molecule has 0 bridgehead atoms. The molecule has 0 radical (unpaired) electrons. The van der Waals surface area contributed by atoms with Gasteiger partial charge in [0.05, 0.1) is 17.9 Å². The lowest BCUT2D eigenvalue weighted by atomic mass is 9.99. The number of anilines is 2. The predicted octanol–water partition coefficient (Wildman–Crippen LogP) is 4.61. The van der Waals surface area contributed by atoms with Gasteiger partial charge in [-0.05, 0) is 88.4 Å². The molecule has 208 valence electrons. The van der Waals surface area contributed by atoms with Crippen LogP contribution >= 0.6 is 0 Å². The van der Waals surface area contributed by atoms with Crippen molar-refractivity contribution in [3.05, 3.63) is 95.1 Å². The van der Waals surface area contributed by atoms with Crippen molar-refractivity contribution in [2.75, 3.05) is 51.0 Å². The van der Waals surface area contributed by atoms with Crippen LogP contribution < -0.4 is 16.1 Å². The Morgan fingerprint density at radius 3 is 2.42 bits per heavy atom. The van der Waals surface area contributed by atoms with Crippen LogP contribution in [0.5, 0.6) is 0 Å². The van der Waals surface area contributed by atoms with Crippen LogP contribution in [0.2, 0.25) is 0 Å². The van der Waals surface area contributed by atoms with Crippen LogP contribution in [0.15, 0.2) is 72.8 Å². The van der Waals surface area contributed by atoms with Gasteiger partial charge < -0.3 is 20.4 Å². The summed E-state index contributed by atoms with van der Waals surface area (Å²) in [7, 11) is 4.27. The maximum atomic E-state index is 13.1. The third-order valence-electron chi connectivity index (χ3n) is 7.61. The van der Waals surface area contributed by atoms with Gasteiger partial charge in [0, 0.05) is 35.1 Å². The Labute approximate surface area is 236 Å². The van der Waals surface area contributed by atoms with Crippen molar-refractivity contribution >= 4 is 34.5 Å². The first kappa shape index (κ1) is 27.6. The number of nitrogens with zero attached hydrogens (tertiary/aromatic N) is 2. The van der Waals surface area contributed by atoms with Crippen LogP contribution in [0.3, 0.4) is 0 Å². The highest BCUT2D eigenvalue weighted by molar-refractivity contribution is 6.37. The number of likely N-dealkylation sites (tertiary alicyclic amines) is 1. The van der Waals surface area contributed by atoms with Crippen LogP contribution in [0.4, 0.5) is 11.4 Å². The summed E-state index contributed by atoms with van der Waals surface area (Å²) in [6.45, 7) is 5.32. The van der Waals surface area contributed by atoms with Gasteiger partial charge in [0.1, 0.15) is 0 Å². The highest BCUT2D eigenvalue weighted by Gasteiger charge is 2.28. The second kappa shape index (κ2) is 12.5. The molecular weight excluding hydrogens is 502 g/mol. The van der Waals surface area contributed by atoms with Crippen LogP contribution in [0, 0.1) is 6.92 Å². The van der Waals surface area contributed by atoms with Gasteiger partial charge in [-0.3, -0.25) is 14.4 Å². The fourth-order valence-electron chi connectivity index (χ4n) is 5.28. The van der Waals surface area contributed by atoms with E-state index in [9.17, 15) is 9.59 Å². The Bertz CT molecular complexity index is 1380. The molecule has 0 saturated carbocycles. The minimum atomic E-state index is -0.293. The van der Waals surface area contributed by atoms with E-state index in [1.165, 1.54) is 0 Å². The Kier molecular flexibility index (Phi) is 8.60. The molecule has 2 aliphatic rings. The molecule has 3 aromatic rings. The van der Waals surface area contributed by atoms with Crippen molar-refractivity contribution in [1.82, 2.24) is 15.3 Å². The molecule has 0 spiro atoms. The number of hydrogen-bond acceptors (Lipinski definition) is 6. The number of hydrogen-bond donors (Lipinski definition) is 3. The maximum Gasteiger partial charge on any atom is 0.274 e. The van der Waals surface area contributed by atoms with Crippen molar-refractivity contribution in [2.45, 2.75) is 25.8 Å². The average molecular weight is 540 g/mol. The maximum absolute atomic E-state index is 13.1. The lowest BCUT2D eigenvalue weighted by Gasteiger charge is -2.34. The minimum absolute atomic E-state index is 0.151. The molecule has 0 aromatic heterocycles. The molecule has 0 aliphatic carbocycles. The monoisotopic (exact) mass is 539 g/mol. The molecule has 5 rings (SSSR count). The predicted molar refractivity (Wildman–Crippen MR) is 160 cm³/mol. The van der Waals surface area contributed by atoms with Gasteiger partial charge >= 0.3 is 0 Å². The number of piperidine rings is 1. The van der Waals surface area contributed by atoms with Crippen molar-refractivity contribution in [2.24, 2.45) is 0 Å². The van der Waals surface area contributed by atoms with Crippen LogP contribution in [0.25, 0.3) is 11.3 Å². The van der Waals surface area contributed by atoms with E-state index >= 15 is 0 Å². The number of carbonyl (C=O) groups is 2. The third kappa shape index (κ3) is 6.42. The van der Waals surface area contributed by atoms with Gasteiger partial charge in [-0.1, -0.05) is 42.5 Å². The van der Waals surface area contributed by atoms with Crippen molar-refractivity contribution in [1.29, 1.82) is 0 Å². The SMILES string of the molecule is Cc1ccc2c(c1)NC(=O)/C2=C(\Nc1ccc(C(=O)NOCCN2CCC(N(C)C)CC2)cc1)c1ccccc1. The number of hydroxylamine groups is 1. The van der Waals surface area contributed by atoms with E-state index in [1.807, 2.05) is 67.6 Å². The summed E-state index contributed by atoms with van der Waals surface area (Å²) in [5.74, 6) is -0.443. The van der Waals surface area contributed by atoms with Crippen LogP contribution in [-0.2, 0) is 9.63 Å². The Hall–Kier alpha value is -3.98. The van der Waals surface area contributed by atoms with E-state index in [4.69, 9.17) is 4.84 Å². The van der Waals surface area contributed by atoms with Gasteiger partial charge in [-0.15, -0.1) is 0 Å². The summed E-state index contributed by atoms with van der Waals surface area (Å²) in [4.78, 5) is 35.9. The Morgan fingerprint density at radius 1 is 1.00 bits per heavy atom. The molecule has 8 nitrogen and oxygen atoms in total. The lowest BCUT2D eigenvalue weighted by Crippen LogP contribution is -2.43. The number of fused-ring (bicyclic) bond motifs is 1. The molecule has 2 aliphatic heterocycles. The van der Waals surface area contributed by atoms with Crippen molar-refractivity contribution < 1.29 is 14.4 Å². The lowest BCUT2D eigenvalue weighted by molar-refractivity contribution is -0.110. The fraction of sp³-hybridized carbons (Fsp3) is 0.312. The molecule has 2 amide bonds. The number of rotatable bonds is 9. The first-order chi connectivity index (χ1) is 19.4. The molecule has 3 N–H and O–H groups in total. The van der Waals surface area contributed by atoms with E-state index < -0.39 is 0 Å². The van der Waals surface area contributed by atoms with E-state index in [-0.39, 0.29) is 11.8 Å². The fourth-order valence-corrected chi connectivity index (χ4v) is 5.28. The highest BCUT2D eigenvalue weighted by atomic mass is 16.6. The van der Waals surface area contributed by atoms with Crippen molar-refractivity contribution in [3.8, 4) is 0 Å². The van der Waals surface area contributed by atoms with Crippen LogP contribution in [0.1, 0.15) is 39.9 Å². The normalized spacial score (nSPS) is 16.9. The molecule has 3 aromatic carbocycles. The summed E-state index contributed by atoms with van der Waals surface area (Å²) in [6.07, 6.45) is 2.30. The summed E-state index contributed by atoms with van der Waals surface area (Å²) in [6, 6.07) is 23.5. The minimum Gasteiger partial charge on any atom is -0.354 e. The molecule has 1 fully saturated rings. The van der Waals surface area contributed by atoms with Gasteiger partial charge in [0.25, 0.3) is 11.8 Å². The Balaban J connectivity index is 1.22. The Morgan fingerprint density at radius 2 is 1.73 bits per heavy atom. The summed E-state index contributed by atoms with van der Waals surface area (Å²) >= 11 is 0. The number of amides is 2. The largest absolute Gasteiger partial charge is 0.354 e. The first-order valence-corrected chi connectivity index (χ1v) is 13.8. The molecule has 0 unspecified atom stereocenters. The van der Waals surface area contributed by atoms with E-state index in [0.29, 0.717) is 29.5 Å². The van der Waals surface area contributed by atoms with E-state index in [1.54, 1.807) is 12.1 Å². The number of aryl methyl sites for hydroxylation is 1. The quantitative estimate of drug-likeness (QED) is 0.209. The second-order valence-electron chi connectivity index (χ2n) is 10.6. The number of carbonyl (C=O) groups excluding carboxylic acids is 2. The molecule has 1 saturated heterocycles. The van der Waals surface area contributed by atoms with Gasteiger partial charge in [-0.25, -0.2) is 5.48 Å². The molecule has 2 heterocycles. The molecule has 8 heteroatoms. The first-order valence-electron chi connectivity index (χ1n) is 13.8. The zero-order valence-electron chi connectivity index (χ0n) is 23.4. The molecule has 40 heavy (non-hydrogen) atoms. The smallest absolute Gasteiger partial charge is 0.274 e. The van der Waals surface area contributed by atoms with E-state index in [0.717, 1.165) is 60.5 Å². The van der Waals surface area contributed by atoms with E-state index in [2.05, 4.69) is 40.0 Å². The zero-order valence-corrected chi connectivity index (χ0v) is 23.4. The summed E-state index contributed by atoms with van der Waals surface area (Å²) in [5, 5.41) is 6.43. The van der Waals surface area contributed by atoms with Gasteiger partial charge in [0.15, 0.2) is 0 Å². The highest BCUT2D eigenvalue weighted by Crippen LogP contribution is 2.38. The van der Waals surface area contributed by atoms with Crippen LogP contribution in [-0.4, -0.2) is 68.0 Å². The van der Waals surface area contributed by atoms with Gasteiger partial charge in [-0.2, -0.15) is 0 Å². The molecule has 0 atom stereocenters. The second-order valence-corrected chi connectivity index (χ2v) is 10.6. The average Bonchev–Trinajstić information content (AvgIpc) is 3.29. The number of benzene rings is 3.